The molecule has 5 rings (SSSR count). The molecule has 2 atom stereocenters. The molecule has 1 aromatic heterocycles. The van der Waals surface area contributed by atoms with E-state index in [2.05, 4.69) is 10.3 Å². The van der Waals surface area contributed by atoms with Crippen LogP contribution in [0.5, 0.6) is 11.5 Å². The molecule has 11 heteroatoms. The summed E-state index contributed by atoms with van der Waals surface area (Å²) in [5.74, 6) is -0.180. The zero-order valence-corrected chi connectivity index (χ0v) is 21.9. The molecule has 0 amide bonds. The Bertz CT molecular complexity index is 1290. The second kappa shape index (κ2) is 10.9. The molecule has 3 heterocycles. The van der Waals surface area contributed by atoms with Gasteiger partial charge in [0.2, 0.25) is 5.95 Å². The number of anilines is 2. The highest BCUT2D eigenvalue weighted by atomic mass is 35.5. The van der Waals surface area contributed by atoms with Crippen LogP contribution in [0.25, 0.3) is 0 Å². The van der Waals surface area contributed by atoms with E-state index in [0.29, 0.717) is 47.7 Å². The van der Waals surface area contributed by atoms with E-state index >= 15 is 8.78 Å². The Balaban J connectivity index is 1.47. The van der Waals surface area contributed by atoms with E-state index in [-0.39, 0.29) is 22.3 Å². The Hall–Kier alpha value is -2.82. The summed E-state index contributed by atoms with van der Waals surface area (Å²) < 4.78 is 57.3. The first kappa shape index (κ1) is 25.8. The van der Waals surface area contributed by atoms with Crippen molar-refractivity contribution in [2.24, 2.45) is 11.8 Å². The summed E-state index contributed by atoms with van der Waals surface area (Å²) in [5, 5.41) is 3.22. The van der Waals surface area contributed by atoms with Gasteiger partial charge in [0.05, 0.1) is 26.5 Å². The Labute approximate surface area is 222 Å². The summed E-state index contributed by atoms with van der Waals surface area (Å²) in [6.45, 7) is 3.28. The molecule has 3 aromatic rings. The number of nitrogens with zero attached hydrogens (tertiary/aromatic N) is 3. The average Bonchev–Trinajstić information content (AvgIpc) is 3.51. The third-order valence-electron chi connectivity index (χ3n) is 6.79. The van der Waals surface area contributed by atoms with E-state index in [1.165, 1.54) is 36.7 Å². The van der Waals surface area contributed by atoms with Crippen molar-refractivity contribution in [1.82, 2.24) is 10.3 Å². The van der Waals surface area contributed by atoms with E-state index < -0.39 is 17.6 Å². The number of nitrogens with one attached hydrogen (secondary N) is 1. The third-order valence-corrected chi connectivity index (χ3v) is 8.25. The standard InChI is InChI=1S/C26H26ClF3N4O2S/c1-35-18-7-6-15(21(8-18)36-2)14-34(23-5-3-4-22(29)32-23)37-26-19(28)9-20(24(27)25(26)30)33-12-16-10-31-11-17(16)13-33/h3-9,16-17,31H,10-14H2,1-2H3. The molecule has 0 spiro atoms. The van der Waals surface area contributed by atoms with Crippen LogP contribution in [0.4, 0.5) is 24.7 Å². The smallest absolute Gasteiger partial charge is 0.214 e. The topological polar surface area (TPSA) is 49.9 Å². The molecule has 0 aliphatic carbocycles. The molecule has 2 unspecified atom stereocenters. The number of benzene rings is 2. The number of ether oxygens (including phenoxy) is 2. The summed E-state index contributed by atoms with van der Waals surface area (Å²) in [4.78, 5) is 5.58. The van der Waals surface area contributed by atoms with Gasteiger partial charge < -0.3 is 19.7 Å². The lowest BCUT2D eigenvalue weighted by molar-refractivity contribution is 0.391. The summed E-state index contributed by atoms with van der Waals surface area (Å²) in [5.41, 5.74) is 1.03. The van der Waals surface area contributed by atoms with Crippen molar-refractivity contribution in [3.63, 3.8) is 0 Å². The second-order valence-corrected chi connectivity index (χ2v) is 10.5. The van der Waals surface area contributed by atoms with Crippen LogP contribution in [0.3, 0.4) is 0 Å². The molecule has 196 valence electrons. The van der Waals surface area contributed by atoms with E-state index in [1.54, 1.807) is 24.3 Å². The molecular formula is C26H26ClF3N4O2S. The first-order chi connectivity index (χ1) is 17.9. The van der Waals surface area contributed by atoms with Gasteiger partial charge in [-0.05, 0) is 48.0 Å². The quantitative estimate of drug-likeness (QED) is 0.224. The fourth-order valence-electron chi connectivity index (χ4n) is 4.88. The Kier molecular flexibility index (Phi) is 7.60. The largest absolute Gasteiger partial charge is 0.497 e. The van der Waals surface area contributed by atoms with Gasteiger partial charge in [0, 0.05) is 43.9 Å². The summed E-state index contributed by atoms with van der Waals surface area (Å²) >= 11 is 7.23. The van der Waals surface area contributed by atoms with Crippen molar-refractivity contribution >= 4 is 35.1 Å². The van der Waals surface area contributed by atoms with Crippen molar-refractivity contribution in [1.29, 1.82) is 0 Å². The minimum Gasteiger partial charge on any atom is -0.497 e. The number of pyridine rings is 1. The molecule has 0 radical (unpaired) electrons. The summed E-state index contributed by atoms with van der Waals surface area (Å²) in [7, 11) is 3.05. The van der Waals surface area contributed by atoms with Crippen LogP contribution in [0.15, 0.2) is 47.4 Å². The van der Waals surface area contributed by atoms with E-state index in [0.717, 1.165) is 25.0 Å². The predicted molar refractivity (Wildman–Crippen MR) is 139 cm³/mol. The first-order valence-electron chi connectivity index (χ1n) is 11.8. The number of fused-ring (bicyclic) bond motifs is 1. The monoisotopic (exact) mass is 550 g/mol. The molecule has 0 saturated carbocycles. The van der Waals surface area contributed by atoms with Crippen molar-refractivity contribution in [2.45, 2.75) is 11.4 Å². The van der Waals surface area contributed by atoms with Gasteiger partial charge in [-0.2, -0.15) is 4.39 Å². The van der Waals surface area contributed by atoms with Crippen LogP contribution in [0.2, 0.25) is 5.02 Å². The van der Waals surface area contributed by atoms with Crippen molar-refractivity contribution < 1.29 is 22.6 Å². The number of methoxy groups -OCH3 is 2. The minimum atomic E-state index is -0.861. The van der Waals surface area contributed by atoms with E-state index in [1.807, 2.05) is 4.90 Å². The Morgan fingerprint density at radius 2 is 1.84 bits per heavy atom. The van der Waals surface area contributed by atoms with E-state index in [9.17, 15) is 4.39 Å². The highest BCUT2D eigenvalue weighted by Crippen LogP contribution is 2.42. The van der Waals surface area contributed by atoms with Gasteiger partial charge in [0.25, 0.3) is 0 Å². The van der Waals surface area contributed by atoms with Crippen LogP contribution < -0.4 is 24.0 Å². The molecule has 1 N–H and O–H groups in total. The maximum atomic E-state index is 15.6. The maximum Gasteiger partial charge on any atom is 0.214 e. The minimum absolute atomic E-state index is 0.106. The normalized spacial score (nSPS) is 18.7. The van der Waals surface area contributed by atoms with Gasteiger partial charge in [-0.25, -0.2) is 13.8 Å². The number of hydrogen-bond acceptors (Lipinski definition) is 7. The van der Waals surface area contributed by atoms with Gasteiger partial charge in [-0.15, -0.1) is 0 Å². The van der Waals surface area contributed by atoms with Crippen molar-refractivity contribution in [3.05, 3.63) is 70.6 Å². The summed E-state index contributed by atoms with van der Waals surface area (Å²) in [6, 6.07) is 10.7. The lowest BCUT2D eigenvalue weighted by Gasteiger charge is -2.26. The van der Waals surface area contributed by atoms with Crippen LogP contribution in [-0.2, 0) is 6.54 Å². The first-order valence-corrected chi connectivity index (χ1v) is 12.9. The molecule has 37 heavy (non-hydrogen) atoms. The van der Waals surface area contributed by atoms with Gasteiger partial charge in [-0.1, -0.05) is 17.7 Å². The van der Waals surface area contributed by atoms with Gasteiger partial charge in [0.15, 0.2) is 5.82 Å². The SMILES string of the molecule is COc1ccc(CN(Sc2c(F)cc(N3CC4CNCC4C3)c(Cl)c2F)c2cccc(F)n2)c(OC)c1. The number of rotatable bonds is 8. The van der Waals surface area contributed by atoms with Gasteiger partial charge >= 0.3 is 0 Å². The van der Waals surface area contributed by atoms with E-state index in [4.69, 9.17) is 21.1 Å². The van der Waals surface area contributed by atoms with Crippen LogP contribution in [-0.4, -0.2) is 45.4 Å². The third kappa shape index (κ3) is 5.28. The lowest BCUT2D eigenvalue weighted by atomic mass is 10.0. The molecule has 2 saturated heterocycles. The fourth-order valence-corrected chi connectivity index (χ4v) is 6.15. The number of aromatic nitrogens is 1. The number of halogens is 4. The van der Waals surface area contributed by atoms with Crippen LogP contribution in [0, 0.1) is 29.4 Å². The Morgan fingerprint density at radius 3 is 2.51 bits per heavy atom. The van der Waals surface area contributed by atoms with Crippen LogP contribution >= 0.6 is 23.5 Å². The zero-order valence-electron chi connectivity index (χ0n) is 20.3. The van der Waals surface area contributed by atoms with Crippen LogP contribution in [0.1, 0.15) is 5.56 Å². The highest BCUT2D eigenvalue weighted by molar-refractivity contribution is 8.00. The van der Waals surface area contributed by atoms with Gasteiger partial charge in [0.1, 0.15) is 33.1 Å². The molecule has 2 fully saturated rings. The van der Waals surface area contributed by atoms with Gasteiger partial charge in [-0.3, -0.25) is 4.31 Å². The maximum absolute atomic E-state index is 15.6. The molecule has 2 aliphatic rings. The molecule has 2 aromatic carbocycles. The molecular weight excluding hydrogens is 525 g/mol. The second-order valence-electron chi connectivity index (χ2n) is 9.04. The van der Waals surface area contributed by atoms with Crippen molar-refractivity contribution in [3.8, 4) is 11.5 Å². The lowest BCUT2D eigenvalue weighted by Crippen LogP contribution is -2.26. The van der Waals surface area contributed by atoms with Crippen molar-refractivity contribution in [2.75, 3.05) is 49.6 Å². The molecule has 0 bridgehead atoms. The number of hydrogen-bond donors (Lipinski definition) is 1. The zero-order chi connectivity index (χ0) is 26.1. The molecule has 2 aliphatic heterocycles. The highest BCUT2D eigenvalue weighted by Gasteiger charge is 2.37. The summed E-state index contributed by atoms with van der Waals surface area (Å²) in [6.07, 6.45) is 0. The fraction of sp³-hybridized carbons (Fsp3) is 0.346. The predicted octanol–water partition coefficient (Wildman–Crippen LogP) is 5.54. The molecule has 6 nitrogen and oxygen atoms in total. The average molecular weight is 551 g/mol. The Morgan fingerprint density at radius 1 is 1.08 bits per heavy atom.